The van der Waals surface area contributed by atoms with E-state index >= 15 is 0 Å². The molecule has 0 unspecified atom stereocenters. The third kappa shape index (κ3) is 7.95. The molecule has 0 fully saturated rings. The smallest absolute Gasteiger partial charge is 0.295 e. The molecule has 3 atom stereocenters. The Bertz CT molecular complexity index is 1570. The average Bonchev–Trinajstić information content (AvgIpc) is 3.13. The van der Waals surface area contributed by atoms with Gasteiger partial charge in [0.1, 0.15) is 0 Å². The zero-order chi connectivity index (χ0) is 33.9. The molecule has 0 bridgehead atoms. The third-order valence-corrected chi connectivity index (χ3v) is 8.52. The number of carbonyl (C=O) groups is 3. The number of rotatable bonds is 15. The standard InChI is InChI=1S/C37H42N4O6/c1-7-32(42)40(2)29(14-13-25-15-19-38-20-16-25)34(33(26-11-9-8-10-12-26)27-17-21-39-22-18-27)41(3)37(44)35(43)28-23-30(45-4)36(47-6)31(24-28)46-5/h8-12,15-24,29,33-34H,7,13-14H2,1-6H3/t29-,33-,34+/m0/s1. The Morgan fingerprint density at radius 2 is 1.30 bits per heavy atom. The monoisotopic (exact) mass is 638 g/mol. The van der Waals surface area contributed by atoms with Gasteiger partial charge in [-0.1, -0.05) is 37.3 Å². The van der Waals surface area contributed by atoms with Gasteiger partial charge in [0.2, 0.25) is 11.7 Å². The molecular weight excluding hydrogens is 596 g/mol. The number of aryl methyl sites for hydroxylation is 1. The number of benzene rings is 2. The number of carbonyl (C=O) groups excluding carboxylic acids is 3. The van der Waals surface area contributed by atoms with Gasteiger partial charge in [0.15, 0.2) is 11.5 Å². The van der Waals surface area contributed by atoms with Gasteiger partial charge in [-0.3, -0.25) is 24.4 Å². The first-order valence-corrected chi connectivity index (χ1v) is 15.5. The summed E-state index contributed by atoms with van der Waals surface area (Å²) in [6, 6.07) is 19.3. The maximum atomic E-state index is 14.4. The van der Waals surface area contributed by atoms with Crippen molar-refractivity contribution < 1.29 is 28.6 Å². The molecule has 0 aliphatic heterocycles. The van der Waals surface area contributed by atoms with Crippen molar-refractivity contribution in [3.63, 3.8) is 0 Å². The third-order valence-electron chi connectivity index (χ3n) is 8.52. The van der Waals surface area contributed by atoms with Gasteiger partial charge in [-0.2, -0.15) is 0 Å². The van der Waals surface area contributed by atoms with Gasteiger partial charge in [0.25, 0.3) is 11.7 Å². The Labute approximate surface area is 276 Å². The number of pyridine rings is 2. The molecule has 2 aromatic heterocycles. The molecule has 2 aromatic carbocycles. The van der Waals surface area contributed by atoms with Crippen molar-refractivity contribution in [3.8, 4) is 17.2 Å². The van der Waals surface area contributed by atoms with Crippen molar-refractivity contribution in [2.45, 2.75) is 44.2 Å². The molecule has 0 radical (unpaired) electrons. The van der Waals surface area contributed by atoms with E-state index in [0.717, 1.165) is 16.7 Å². The van der Waals surface area contributed by atoms with E-state index in [2.05, 4.69) is 9.97 Å². The predicted octanol–water partition coefficient (Wildman–Crippen LogP) is 5.21. The van der Waals surface area contributed by atoms with Crippen LogP contribution in [0.1, 0.15) is 52.7 Å². The summed E-state index contributed by atoms with van der Waals surface area (Å²) in [5.74, 6) is -1.18. The highest BCUT2D eigenvalue weighted by atomic mass is 16.5. The summed E-state index contributed by atoms with van der Waals surface area (Å²) in [5.41, 5.74) is 2.95. The van der Waals surface area contributed by atoms with Crippen LogP contribution < -0.4 is 14.2 Å². The number of amides is 2. The van der Waals surface area contributed by atoms with Crippen molar-refractivity contribution >= 4 is 17.6 Å². The van der Waals surface area contributed by atoms with Crippen LogP contribution >= 0.6 is 0 Å². The first-order chi connectivity index (χ1) is 22.7. The van der Waals surface area contributed by atoms with Crippen molar-refractivity contribution in [3.05, 3.63) is 114 Å². The first kappa shape index (κ1) is 34.6. The molecule has 10 heteroatoms. The fraction of sp³-hybridized carbons (Fsp3) is 0.324. The predicted molar refractivity (Wildman–Crippen MR) is 179 cm³/mol. The number of aromatic nitrogens is 2. The van der Waals surface area contributed by atoms with E-state index in [1.54, 1.807) is 43.8 Å². The summed E-state index contributed by atoms with van der Waals surface area (Å²) < 4.78 is 16.3. The Balaban J connectivity index is 1.89. The Morgan fingerprint density at radius 3 is 1.83 bits per heavy atom. The average molecular weight is 639 g/mol. The molecule has 0 aliphatic rings. The van der Waals surface area contributed by atoms with Gasteiger partial charge in [-0.15, -0.1) is 0 Å². The van der Waals surface area contributed by atoms with Gasteiger partial charge in [0, 0.05) is 56.8 Å². The van der Waals surface area contributed by atoms with Crippen molar-refractivity contribution in [2.75, 3.05) is 35.4 Å². The van der Waals surface area contributed by atoms with Crippen LogP contribution in [0.5, 0.6) is 17.2 Å². The number of ketones is 1. The van der Waals surface area contributed by atoms with Crippen molar-refractivity contribution in [1.29, 1.82) is 0 Å². The molecule has 0 aliphatic carbocycles. The second-order valence-corrected chi connectivity index (χ2v) is 11.1. The SMILES string of the molecule is CCC(=O)N(C)[C@@H](CCc1ccncc1)[C@H]([C@@H](c1ccccc1)c1ccncc1)N(C)C(=O)C(=O)c1cc(OC)c(OC)c(OC)c1. The molecule has 4 aromatic rings. The second-order valence-electron chi connectivity index (χ2n) is 11.1. The fourth-order valence-corrected chi connectivity index (χ4v) is 6.04. The van der Waals surface area contributed by atoms with Crippen LogP contribution in [0.2, 0.25) is 0 Å². The van der Waals surface area contributed by atoms with E-state index in [1.807, 2.05) is 61.5 Å². The normalized spacial score (nSPS) is 12.7. The lowest BCUT2D eigenvalue weighted by molar-refractivity contribution is -0.137. The lowest BCUT2D eigenvalue weighted by Gasteiger charge is -2.44. The van der Waals surface area contributed by atoms with Gasteiger partial charge in [-0.25, -0.2) is 0 Å². The summed E-state index contributed by atoms with van der Waals surface area (Å²) in [6.07, 6.45) is 8.29. The number of methoxy groups -OCH3 is 3. The van der Waals surface area contributed by atoms with Crippen LogP contribution in [-0.4, -0.2) is 84.9 Å². The molecule has 0 N–H and O–H groups in total. The lowest BCUT2D eigenvalue weighted by Crippen LogP contribution is -2.56. The van der Waals surface area contributed by atoms with Crippen LogP contribution in [0, 0.1) is 0 Å². The number of ether oxygens (including phenoxy) is 3. The maximum absolute atomic E-state index is 14.4. The molecule has 0 saturated heterocycles. The van der Waals surface area contributed by atoms with E-state index in [1.165, 1.54) is 38.4 Å². The molecule has 4 rings (SSSR count). The largest absolute Gasteiger partial charge is 0.493 e. The lowest BCUT2D eigenvalue weighted by atomic mass is 9.79. The summed E-state index contributed by atoms with van der Waals surface area (Å²) >= 11 is 0. The van der Waals surface area contributed by atoms with Gasteiger partial charge < -0.3 is 24.0 Å². The van der Waals surface area contributed by atoms with Gasteiger partial charge >= 0.3 is 0 Å². The van der Waals surface area contributed by atoms with Crippen LogP contribution in [0.4, 0.5) is 0 Å². The van der Waals surface area contributed by atoms with E-state index in [0.29, 0.717) is 18.6 Å². The van der Waals surface area contributed by atoms with E-state index < -0.39 is 29.7 Å². The number of Topliss-reactive ketones (excluding diaryl/α,β-unsaturated/α-hetero) is 1. The summed E-state index contributed by atoms with van der Waals surface area (Å²) in [5, 5.41) is 0. The first-order valence-electron chi connectivity index (χ1n) is 15.5. The number of hydrogen-bond donors (Lipinski definition) is 0. The zero-order valence-corrected chi connectivity index (χ0v) is 27.8. The minimum Gasteiger partial charge on any atom is -0.493 e. The molecule has 246 valence electrons. The van der Waals surface area contributed by atoms with E-state index in [-0.39, 0.29) is 29.4 Å². The number of likely N-dealkylation sites (N-methyl/N-ethyl adjacent to an activating group) is 2. The molecule has 0 spiro atoms. The van der Waals surface area contributed by atoms with Gasteiger partial charge in [-0.05, 0) is 65.9 Å². The van der Waals surface area contributed by atoms with E-state index in [4.69, 9.17) is 14.2 Å². The minimum atomic E-state index is -0.754. The molecule has 10 nitrogen and oxygen atoms in total. The summed E-state index contributed by atoms with van der Waals surface area (Å²) in [7, 11) is 7.76. The van der Waals surface area contributed by atoms with Crippen molar-refractivity contribution in [2.24, 2.45) is 0 Å². The molecular formula is C37H42N4O6. The minimum absolute atomic E-state index is 0.0759. The number of nitrogens with zero attached hydrogens (tertiary/aromatic N) is 4. The topological polar surface area (TPSA) is 111 Å². The fourth-order valence-electron chi connectivity index (χ4n) is 6.04. The Hall–Kier alpha value is -5.25. The molecule has 47 heavy (non-hydrogen) atoms. The van der Waals surface area contributed by atoms with Crippen LogP contribution in [0.15, 0.2) is 91.5 Å². The molecule has 2 amide bonds. The highest BCUT2D eigenvalue weighted by Gasteiger charge is 2.41. The Kier molecular flexibility index (Phi) is 12.0. The van der Waals surface area contributed by atoms with Gasteiger partial charge in [0.05, 0.1) is 33.4 Å². The van der Waals surface area contributed by atoms with Crippen LogP contribution in [0.3, 0.4) is 0 Å². The molecule has 2 heterocycles. The second kappa shape index (κ2) is 16.4. The quantitative estimate of drug-likeness (QED) is 0.129. The van der Waals surface area contributed by atoms with Crippen molar-refractivity contribution in [1.82, 2.24) is 19.8 Å². The highest BCUT2D eigenvalue weighted by Crippen LogP contribution is 2.39. The zero-order valence-electron chi connectivity index (χ0n) is 27.8. The number of hydrogen-bond acceptors (Lipinski definition) is 8. The Morgan fingerprint density at radius 1 is 0.745 bits per heavy atom. The maximum Gasteiger partial charge on any atom is 0.295 e. The highest BCUT2D eigenvalue weighted by molar-refractivity contribution is 6.42. The van der Waals surface area contributed by atoms with E-state index in [9.17, 15) is 14.4 Å². The van der Waals surface area contributed by atoms with Crippen LogP contribution in [0.25, 0.3) is 0 Å². The molecule has 0 saturated carbocycles. The van der Waals surface area contributed by atoms with Crippen LogP contribution in [-0.2, 0) is 16.0 Å². The summed E-state index contributed by atoms with van der Waals surface area (Å²) in [4.78, 5) is 53.4. The summed E-state index contributed by atoms with van der Waals surface area (Å²) in [6.45, 7) is 1.81.